The number of carbonyl (C=O) groups is 1. The number of hydrogen-bond acceptors (Lipinski definition) is 6. The van der Waals surface area contributed by atoms with Crippen molar-refractivity contribution in [2.75, 3.05) is 11.9 Å². The van der Waals surface area contributed by atoms with E-state index in [9.17, 15) is 13.6 Å². The maximum atomic E-state index is 14.5. The lowest BCUT2D eigenvalue weighted by Crippen LogP contribution is -2.38. The zero-order valence-electron chi connectivity index (χ0n) is 15.2. The number of anilines is 1. The van der Waals surface area contributed by atoms with Gasteiger partial charge in [-0.1, -0.05) is 6.92 Å². The van der Waals surface area contributed by atoms with Crippen LogP contribution in [0.1, 0.15) is 42.2 Å². The Bertz CT molecular complexity index is 1050. The summed E-state index contributed by atoms with van der Waals surface area (Å²) in [6, 6.07) is 0.407. The number of rotatable bonds is 1. The Labute approximate surface area is 158 Å². The average Bonchev–Trinajstić information content (AvgIpc) is 3.08. The van der Waals surface area contributed by atoms with Crippen molar-refractivity contribution >= 4 is 17.4 Å². The number of carbonyl (C=O) groups excluding carboxylic acids is 1. The van der Waals surface area contributed by atoms with Gasteiger partial charge in [-0.25, -0.2) is 23.3 Å². The first-order valence-corrected chi connectivity index (χ1v) is 8.85. The summed E-state index contributed by atoms with van der Waals surface area (Å²) in [7, 11) is 0. The quantitative estimate of drug-likeness (QED) is 0.665. The van der Waals surface area contributed by atoms with E-state index >= 15 is 0 Å². The van der Waals surface area contributed by atoms with E-state index < -0.39 is 23.6 Å². The molecule has 4 rings (SSSR count). The maximum absolute atomic E-state index is 14.5. The molecule has 0 spiro atoms. The summed E-state index contributed by atoms with van der Waals surface area (Å²) in [4.78, 5) is 20.9. The smallest absolute Gasteiger partial charge is 0.257 e. The molecule has 2 atom stereocenters. The van der Waals surface area contributed by atoms with E-state index in [1.54, 1.807) is 6.92 Å². The molecule has 3 aromatic heterocycles. The van der Waals surface area contributed by atoms with Crippen LogP contribution in [0.25, 0.3) is 5.65 Å². The van der Waals surface area contributed by atoms with Crippen LogP contribution >= 0.6 is 0 Å². The van der Waals surface area contributed by atoms with Crippen LogP contribution in [0.3, 0.4) is 0 Å². The first-order chi connectivity index (χ1) is 13.5. The molecule has 8 nitrogen and oxygen atoms in total. The van der Waals surface area contributed by atoms with Gasteiger partial charge in [0.1, 0.15) is 18.0 Å². The Balaban J connectivity index is 1.86. The lowest BCUT2D eigenvalue weighted by Gasteiger charge is -2.20. The van der Waals surface area contributed by atoms with E-state index in [-0.39, 0.29) is 35.6 Å². The van der Waals surface area contributed by atoms with Gasteiger partial charge in [0.25, 0.3) is 5.91 Å². The molecule has 0 radical (unpaired) electrons. The van der Waals surface area contributed by atoms with Crippen molar-refractivity contribution in [3.8, 4) is 5.88 Å². The third kappa shape index (κ3) is 3.21. The van der Waals surface area contributed by atoms with Gasteiger partial charge in [0, 0.05) is 5.56 Å². The second-order valence-electron chi connectivity index (χ2n) is 6.57. The Morgan fingerprint density at radius 2 is 2.14 bits per heavy atom. The molecule has 0 unspecified atom stereocenters. The number of ether oxygens (including phenoxy) is 1. The van der Waals surface area contributed by atoms with E-state index in [0.717, 1.165) is 12.4 Å². The first kappa shape index (κ1) is 18.1. The maximum Gasteiger partial charge on any atom is 0.257 e. The van der Waals surface area contributed by atoms with Crippen LogP contribution < -0.4 is 15.4 Å². The first-order valence-electron chi connectivity index (χ1n) is 8.85. The van der Waals surface area contributed by atoms with E-state index in [1.807, 2.05) is 6.92 Å². The molecule has 1 aliphatic heterocycles. The summed E-state index contributed by atoms with van der Waals surface area (Å²) in [5, 5.41) is 9.75. The van der Waals surface area contributed by atoms with Crippen molar-refractivity contribution in [3.63, 3.8) is 0 Å². The Hall–Kier alpha value is -3.30. The molecule has 0 saturated heterocycles. The zero-order valence-corrected chi connectivity index (χ0v) is 15.2. The third-order valence-electron chi connectivity index (χ3n) is 4.61. The molecule has 10 heteroatoms. The minimum absolute atomic E-state index is 0.0870. The van der Waals surface area contributed by atoms with Gasteiger partial charge in [0.05, 0.1) is 30.7 Å². The summed E-state index contributed by atoms with van der Waals surface area (Å²) < 4.78 is 35.2. The number of fused-ring (bicyclic) bond motifs is 2. The molecule has 0 aliphatic carbocycles. The van der Waals surface area contributed by atoms with Gasteiger partial charge in [-0.15, -0.1) is 0 Å². The van der Waals surface area contributed by atoms with Crippen LogP contribution in [0.4, 0.5) is 14.6 Å². The molecular weight excluding hydrogens is 370 g/mol. The highest BCUT2D eigenvalue weighted by atomic mass is 19.1. The van der Waals surface area contributed by atoms with Crippen LogP contribution in [0.5, 0.6) is 5.88 Å². The fourth-order valence-corrected chi connectivity index (χ4v) is 3.01. The Kier molecular flexibility index (Phi) is 4.54. The predicted molar refractivity (Wildman–Crippen MR) is 96.2 cm³/mol. The van der Waals surface area contributed by atoms with E-state index in [4.69, 9.17) is 4.74 Å². The van der Waals surface area contributed by atoms with Crippen LogP contribution in [0, 0.1) is 11.6 Å². The summed E-state index contributed by atoms with van der Waals surface area (Å²) in [5.74, 6) is -1.48. The highest BCUT2D eigenvalue weighted by Crippen LogP contribution is 2.28. The second kappa shape index (κ2) is 7.02. The van der Waals surface area contributed by atoms with Gasteiger partial charge in [0.2, 0.25) is 5.88 Å². The second-order valence-corrected chi connectivity index (χ2v) is 6.57. The van der Waals surface area contributed by atoms with Gasteiger partial charge >= 0.3 is 0 Å². The molecule has 0 fully saturated rings. The minimum atomic E-state index is -0.664. The molecule has 28 heavy (non-hydrogen) atoms. The summed E-state index contributed by atoms with van der Waals surface area (Å²) in [6.07, 6.45) is 4.12. The molecule has 1 aliphatic rings. The average molecular weight is 388 g/mol. The van der Waals surface area contributed by atoms with E-state index in [2.05, 4.69) is 25.7 Å². The van der Waals surface area contributed by atoms with Crippen molar-refractivity contribution in [2.24, 2.45) is 0 Å². The minimum Gasteiger partial charge on any atom is -0.475 e. The molecule has 146 valence electrons. The lowest BCUT2D eigenvalue weighted by molar-refractivity contribution is 0.0920. The normalized spacial score (nSPS) is 19.6. The third-order valence-corrected chi connectivity index (χ3v) is 4.61. The van der Waals surface area contributed by atoms with Crippen molar-refractivity contribution in [2.45, 2.75) is 32.4 Å². The molecule has 2 N–H and O–H groups in total. The standard InChI is InChI=1S/C18H18F2N6O2/c1-3-11-8-28-18-12(4-10(19)5-21-18)9(2)23-15-14(20)7-26-16(25-15)13(6-22-26)17(27)24-11/h4-7,9,11H,3,8H2,1-2H3,(H,23,25)(H,24,27)/t9-,11-/m1/s1. The monoisotopic (exact) mass is 388 g/mol. The molecule has 4 heterocycles. The van der Waals surface area contributed by atoms with Crippen LogP contribution in [-0.4, -0.2) is 38.1 Å². The highest BCUT2D eigenvalue weighted by molar-refractivity contribution is 5.99. The number of hydrogen-bond donors (Lipinski definition) is 2. The highest BCUT2D eigenvalue weighted by Gasteiger charge is 2.23. The molecule has 3 aromatic rings. The zero-order chi connectivity index (χ0) is 19.8. The number of aromatic nitrogens is 4. The number of nitrogens with one attached hydrogen (secondary N) is 2. The van der Waals surface area contributed by atoms with Crippen LogP contribution in [0.2, 0.25) is 0 Å². The fourth-order valence-electron chi connectivity index (χ4n) is 3.01. The number of amides is 1. The van der Waals surface area contributed by atoms with Gasteiger partial charge in [-0.2, -0.15) is 5.10 Å². The summed E-state index contributed by atoms with van der Waals surface area (Å²) in [5.41, 5.74) is 0.839. The van der Waals surface area contributed by atoms with Crippen molar-refractivity contribution in [3.05, 3.63) is 47.4 Å². The predicted octanol–water partition coefficient (Wildman–Crippen LogP) is 2.48. The topological polar surface area (TPSA) is 93.4 Å². The van der Waals surface area contributed by atoms with Crippen LogP contribution in [0.15, 0.2) is 24.7 Å². The number of halogens is 2. The van der Waals surface area contributed by atoms with Gasteiger partial charge in [-0.05, 0) is 19.4 Å². The number of pyridine rings is 1. The lowest BCUT2D eigenvalue weighted by atomic mass is 10.1. The van der Waals surface area contributed by atoms with Crippen LogP contribution in [-0.2, 0) is 0 Å². The molecule has 2 bridgehead atoms. The molecular formula is C18H18F2N6O2. The Morgan fingerprint density at radius 1 is 1.32 bits per heavy atom. The van der Waals surface area contributed by atoms with E-state index in [1.165, 1.54) is 16.8 Å². The summed E-state index contributed by atoms with van der Waals surface area (Å²) in [6.45, 7) is 3.76. The van der Waals surface area contributed by atoms with Crippen molar-refractivity contribution in [1.29, 1.82) is 0 Å². The van der Waals surface area contributed by atoms with E-state index in [0.29, 0.717) is 12.0 Å². The number of nitrogens with zero attached hydrogens (tertiary/aromatic N) is 4. The fraction of sp³-hybridized carbons (Fsp3) is 0.333. The molecule has 0 saturated carbocycles. The van der Waals surface area contributed by atoms with Crippen molar-refractivity contribution < 1.29 is 18.3 Å². The SMILES string of the molecule is CC[C@@H]1COc2ncc(F)cc2[C@@H](C)Nc2nc3c(cnn3cc2F)C(=O)N1. The van der Waals surface area contributed by atoms with Gasteiger partial charge in [0.15, 0.2) is 17.3 Å². The van der Waals surface area contributed by atoms with Gasteiger partial charge in [-0.3, -0.25) is 4.79 Å². The summed E-state index contributed by atoms with van der Waals surface area (Å²) >= 11 is 0. The molecule has 0 aromatic carbocycles. The molecule has 1 amide bonds. The largest absolute Gasteiger partial charge is 0.475 e. The Morgan fingerprint density at radius 3 is 2.93 bits per heavy atom. The van der Waals surface area contributed by atoms with Crippen molar-refractivity contribution in [1.82, 2.24) is 24.9 Å². The van der Waals surface area contributed by atoms with Gasteiger partial charge < -0.3 is 15.4 Å².